The van der Waals surface area contributed by atoms with Crippen molar-refractivity contribution in [1.82, 2.24) is 30.7 Å². The number of hydrazone groups is 1. The summed E-state index contributed by atoms with van der Waals surface area (Å²) in [5, 5.41) is 19.8. The van der Waals surface area contributed by atoms with E-state index in [0.717, 1.165) is 16.9 Å². The van der Waals surface area contributed by atoms with Crippen molar-refractivity contribution < 1.29 is 9.42 Å². The van der Waals surface area contributed by atoms with Crippen molar-refractivity contribution in [2.45, 2.75) is 37.8 Å². The van der Waals surface area contributed by atoms with Crippen LogP contribution in [0.5, 0.6) is 0 Å². The molecule has 0 aliphatic rings. The molecule has 1 amide bonds. The highest BCUT2D eigenvalue weighted by molar-refractivity contribution is 7.98. The molecule has 4 rings (SSSR count). The number of nitrogen functional groups attached to an aromatic ring is 1. The molecule has 180 valence electrons. The highest BCUT2D eigenvalue weighted by atomic mass is 32.2. The van der Waals surface area contributed by atoms with Crippen molar-refractivity contribution >= 4 is 29.2 Å². The van der Waals surface area contributed by atoms with Gasteiger partial charge in [0, 0.05) is 10.6 Å². The zero-order valence-corrected chi connectivity index (χ0v) is 20.5. The van der Waals surface area contributed by atoms with E-state index >= 15 is 0 Å². The van der Waals surface area contributed by atoms with E-state index in [2.05, 4.69) is 57.1 Å². The van der Waals surface area contributed by atoms with Crippen molar-refractivity contribution in [3.8, 4) is 5.82 Å². The van der Waals surface area contributed by atoms with Gasteiger partial charge in [0.05, 0.1) is 11.4 Å². The SMILES string of the molecule is C/C(=N\NC(=O)c1nnn(-c2nonc2N)c1CSc1ccccc1)c1ccc(CC(C)C)cc1. The van der Waals surface area contributed by atoms with Crippen LogP contribution in [0.15, 0.2) is 69.2 Å². The van der Waals surface area contributed by atoms with Crippen molar-refractivity contribution in [3.05, 3.63) is 77.1 Å². The van der Waals surface area contributed by atoms with Crippen LogP contribution >= 0.6 is 11.8 Å². The number of rotatable bonds is 9. The number of nitrogens with two attached hydrogens (primary N) is 1. The van der Waals surface area contributed by atoms with Crippen molar-refractivity contribution in [1.29, 1.82) is 0 Å². The molecule has 10 nitrogen and oxygen atoms in total. The van der Waals surface area contributed by atoms with Gasteiger partial charge in [-0.05, 0) is 52.8 Å². The summed E-state index contributed by atoms with van der Waals surface area (Å²) in [5.41, 5.74) is 11.9. The van der Waals surface area contributed by atoms with Crippen LogP contribution in [-0.4, -0.2) is 36.9 Å². The third kappa shape index (κ3) is 5.93. The Balaban J connectivity index is 1.54. The number of thioether (sulfide) groups is 1. The molecule has 3 N–H and O–H groups in total. The van der Waals surface area contributed by atoms with E-state index in [9.17, 15) is 4.79 Å². The summed E-state index contributed by atoms with van der Waals surface area (Å²) in [6.45, 7) is 6.21. The molecule has 0 radical (unpaired) electrons. The van der Waals surface area contributed by atoms with Gasteiger partial charge in [0.25, 0.3) is 5.91 Å². The molecule has 0 unspecified atom stereocenters. The van der Waals surface area contributed by atoms with Gasteiger partial charge in [-0.1, -0.05) is 61.5 Å². The van der Waals surface area contributed by atoms with Gasteiger partial charge in [-0.15, -0.1) is 16.9 Å². The van der Waals surface area contributed by atoms with Crippen molar-refractivity contribution in [2.24, 2.45) is 11.0 Å². The Morgan fingerprint density at radius 3 is 2.54 bits per heavy atom. The molecule has 0 atom stereocenters. The third-order valence-corrected chi connectivity index (χ3v) is 6.16. The maximum Gasteiger partial charge on any atom is 0.293 e. The summed E-state index contributed by atoms with van der Waals surface area (Å²) in [5.74, 6) is 0.683. The summed E-state index contributed by atoms with van der Waals surface area (Å²) >= 11 is 1.52. The van der Waals surface area contributed by atoms with Crippen LogP contribution in [0.3, 0.4) is 0 Å². The maximum absolute atomic E-state index is 13.0. The molecular formula is C24H26N8O2S. The number of hydrogen-bond donors (Lipinski definition) is 2. The molecule has 0 fully saturated rings. The van der Waals surface area contributed by atoms with Gasteiger partial charge in [-0.3, -0.25) is 4.79 Å². The molecule has 35 heavy (non-hydrogen) atoms. The molecule has 2 heterocycles. The molecule has 0 saturated heterocycles. The van der Waals surface area contributed by atoms with Gasteiger partial charge in [0.1, 0.15) is 0 Å². The van der Waals surface area contributed by atoms with E-state index in [1.54, 1.807) is 0 Å². The number of carbonyl (C=O) groups excluding carboxylic acids is 1. The standard InChI is InChI=1S/C24H26N8O2S/c1-15(2)13-17-9-11-18(12-10-17)16(3)26-28-24(33)21-20(14-35-19-7-5-4-6-8-19)32(31-27-21)23-22(25)29-34-30-23/h4-12,15H,13-14H2,1-3H3,(H2,25,29)(H,28,33)/b26-16+. The summed E-state index contributed by atoms with van der Waals surface area (Å²) < 4.78 is 6.06. The Labute approximate surface area is 206 Å². The predicted octanol–water partition coefficient (Wildman–Crippen LogP) is 3.88. The number of nitrogens with one attached hydrogen (secondary N) is 1. The zero-order chi connectivity index (χ0) is 24.8. The minimum Gasteiger partial charge on any atom is -0.378 e. The van der Waals surface area contributed by atoms with Gasteiger partial charge in [0.2, 0.25) is 11.6 Å². The molecule has 11 heteroatoms. The lowest BCUT2D eigenvalue weighted by Gasteiger charge is -2.07. The second-order valence-corrected chi connectivity index (χ2v) is 9.35. The fraction of sp³-hybridized carbons (Fsp3) is 0.250. The Morgan fingerprint density at radius 2 is 1.89 bits per heavy atom. The lowest BCUT2D eigenvalue weighted by atomic mass is 10.0. The van der Waals surface area contributed by atoms with E-state index < -0.39 is 5.91 Å². The molecular weight excluding hydrogens is 464 g/mol. The minimum atomic E-state index is -0.495. The lowest BCUT2D eigenvalue weighted by molar-refractivity contribution is 0.0949. The number of aromatic nitrogens is 5. The van der Waals surface area contributed by atoms with Crippen LogP contribution in [0.25, 0.3) is 5.82 Å². The zero-order valence-electron chi connectivity index (χ0n) is 19.7. The summed E-state index contributed by atoms with van der Waals surface area (Å²) in [4.78, 5) is 14.0. The van der Waals surface area contributed by atoms with Crippen LogP contribution in [0.1, 0.15) is 48.1 Å². The second kappa shape index (κ2) is 11.0. The number of carbonyl (C=O) groups is 1. The average Bonchev–Trinajstić information content (AvgIpc) is 3.47. The van der Waals surface area contributed by atoms with Crippen LogP contribution in [0, 0.1) is 5.92 Å². The Bertz CT molecular complexity index is 1310. The van der Waals surface area contributed by atoms with E-state index in [-0.39, 0.29) is 17.3 Å². The van der Waals surface area contributed by atoms with Crippen molar-refractivity contribution in [2.75, 3.05) is 5.73 Å². The molecule has 4 aromatic rings. The second-order valence-electron chi connectivity index (χ2n) is 8.30. The first-order valence-electron chi connectivity index (χ1n) is 11.1. The number of amides is 1. The van der Waals surface area contributed by atoms with Gasteiger partial charge >= 0.3 is 0 Å². The topological polar surface area (TPSA) is 137 Å². The number of anilines is 1. The Kier molecular flexibility index (Phi) is 7.56. The van der Waals surface area contributed by atoms with Gasteiger partial charge in [-0.2, -0.15) is 9.78 Å². The largest absolute Gasteiger partial charge is 0.378 e. The first-order chi connectivity index (χ1) is 16.9. The molecule has 0 aliphatic heterocycles. The van der Waals surface area contributed by atoms with Gasteiger partial charge in [-0.25, -0.2) is 10.1 Å². The van der Waals surface area contributed by atoms with Gasteiger partial charge in [0.15, 0.2) is 5.69 Å². The summed E-state index contributed by atoms with van der Waals surface area (Å²) in [6.07, 6.45) is 1.01. The first-order valence-corrected chi connectivity index (χ1v) is 12.1. The van der Waals surface area contributed by atoms with E-state index in [4.69, 9.17) is 10.4 Å². The van der Waals surface area contributed by atoms with Crippen molar-refractivity contribution in [3.63, 3.8) is 0 Å². The molecule has 2 aromatic carbocycles. The fourth-order valence-electron chi connectivity index (χ4n) is 3.39. The number of hydrogen-bond acceptors (Lipinski definition) is 9. The Hall–Kier alpha value is -3.99. The molecule has 2 aromatic heterocycles. The number of benzene rings is 2. The van der Waals surface area contributed by atoms with Crippen LogP contribution in [0.4, 0.5) is 5.82 Å². The molecule has 0 aliphatic carbocycles. The van der Waals surface area contributed by atoms with E-state index in [0.29, 0.717) is 23.1 Å². The Morgan fingerprint density at radius 1 is 1.14 bits per heavy atom. The van der Waals surface area contributed by atoms with Gasteiger partial charge < -0.3 is 5.73 Å². The predicted molar refractivity (Wildman–Crippen MR) is 134 cm³/mol. The normalized spacial score (nSPS) is 11.7. The summed E-state index contributed by atoms with van der Waals surface area (Å²) in [7, 11) is 0. The highest BCUT2D eigenvalue weighted by Crippen LogP contribution is 2.25. The number of nitrogens with zero attached hydrogens (tertiary/aromatic N) is 6. The fourth-order valence-corrected chi connectivity index (χ4v) is 4.30. The average molecular weight is 491 g/mol. The minimum absolute atomic E-state index is 0.0441. The molecule has 0 bridgehead atoms. The van der Waals surface area contributed by atoms with Crippen LogP contribution < -0.4 is 11.2 Å². The molecule has 0 saturated carbocycles. The van der Waals surface area contributed by atoms with Crippen LogP contribution in [-0.2, 0) is 12.2 Å². The smallest absolute Gasteiger partial charge is 0.293 e. The lowest BCUT2D eigenvalue weighted by Crippen LogP contribution is -2.21. The van der Waals surface area contributed by atoms with E-state index in [1.807, 2.05) is 49.4 Å². The van der Waals surface area contributed by atoms with Crippen LogP contribution in [0.2, 0.25) is 0 Å². The first kappa shape index (κ1) is 24.1. The quantitative estimate of drug-likeness (QED) is 0.205. The third-order valence-electron chi connectivity index (χ3n) is 5.13. The molecule has 0 spiro atoms. The highest BCUT2D eigenvalue weighted by Gasteiger charge is 2.24. The maximum atomic E-state index is 13.0. The van der Waals surface area contributed by atoms with E-state index in [1.165, 1.54) is 22.0 Å². The monoisotopic (exact) mass is 490 g/mol. The summed E-state index contributed by atoms with van der Waals surface area (Å²) in [6, 6.07) is 17.9.